The Morgan fingerprint density at radius 3 is 2.82 bits per heavy atom. The Morgan fingerprint density at radius 1 is 1.64 bits per heavy atom. The average Bonchev–Trinajstić information content (AvgIpc) is 2.34. The molecule has 1 aromatic rings. The largest absolute Gasteiger partial charge is 0.327 e. The van der Waals surface area contributed by atoms with E-state index in [2.05, 4.69) is 10.1 Å². The van der Waals surface area contributed by atoms with Gasteiger partial charge in [0.15, 0.2) is 0 Å². The van der Waals surface area contributed by atoms with Crippen LogP contribution in [-0.2, 0) is 7.05 Å². The number of aromatic nitrogens is 3. The van der Waals surface area contributed by atoms with Crippen LogP contribution in [0.5, 0.6) is 0 Å². The number of hydrogen-bond acceptors (Lipinski definition) is 3. The minimum absolute atomic E-state index is 0.304. The Kier molecular flexibility index (Phi) is 1.42. The molecule has 1 aliphatic rings. The molecule has 0 radical (unpaired) electrons. The molecule has 0 spiro atoms. The molecular formula is C7H12N4. The van der Waals surface area contributed by atoms with Crippen molar-refractivity contribution >= 4 is 0 Å². The van der Waals surface area contributed by atoms with Crippen LogP contribution in [0.1, 0.15) is 24.6 Å². The summed E-state index contributed by atoms with van der Waals surface area (Å²) in [6.07, 6.45) is 3.87. The standard InChI is InChI=1S/C7H12N4/c1-11-7(9-4-10-11)5-2-3-6(5)8/h4-6H,2-3,8H2,1H3. The summed E-state index contributed by atoms with van der Waals surface area (Å²) in [5.41, 5.74) is 5.80. The van der Waals surface area contributed by atoms with Crippen molar-refractivity contribution in [2.24, 2.45) is 12.8 Å². The first kappa shape index (κ1) is 6.79. The maximum atomic E-state index is 5.80. The molecule has 4 heteroatoms. The van der Waals surface area contributed by atoms with E-state index in [4.69, 9.17) is 5.73 Å². The summed E-state index contributed by atoms with van der Waals surface area (Å²) in [4.78, 5) is 4.16. The second-order valence-corrected chi connectivity index (χ2v) is 3.09. The quantitative estimate of drug-likeness (QED) is 0.617. The van der Waals surface area contributed by atoms with Crippen molar-refractivity contribution in [2.45, 2.75) is 24.8 Å². The van der Waals surface area contributed by atoms with E-state index in [0.717, 1.165) is 18.7 Å². The topological polar surface area (TPSA) is 56.7 Å². The lowest BCUT2D eigenvalue weighted by Gasteiger charge is -2.32. The Labute approximate surface area is 65.4 Å². The third kappa shape index (κ3) is 0.939. The molecule has 2 N–H and O–H groups in total. The number of aryl methyl sites for hydroxylation is 1. The molecular weight excluding hydrogens is 140 g/mol. The van der Waals surface area contributed by atoms with Gasteiger partial charge < -0.3 is 5.73 Å². The van der Waals surface area contributed by atoms with Gasteiger partial charge in [0.05, 0.1) is 0 Å². The monoisotopic (exact) mass is 152 g/mol. The van der Waals surface area contributed by atoms with Crippen molar-refractivity contribution in [3.63, 3.8) is 0 Å². The molecule has 4 nitrogen and oxygen atoms in total. The lowest BCUT2D eigenvalue weighted by molar-refractivity contribution is 0.324. The van der Waals surface area contributed by atoms with Crippen LogP contribution in [0.2, 0.25) is 0 Å². The molecule has 11 heavy (non-hydrogen) atoms. The van der Waals surface area contributed by atoms with Gasteiger partial charge in [0.1, 0.15) is 12.2 Å². The van der Waals surface area contributed by atoms with Crippen LogP contribution in [0.3, 0.4) is 0 Å². The van der Waals surface area contributed by atoms with Crippen LogP contribution >= 0.6 is 0 Å². The van der Waals surface area contributed by atoms with Crippen molar-refractivity contribution in [1.29, 1.82) is 0 Å². The molecule has 0 saturated heterocycles. The highest BCUT2D eigenvalue weighted by Gasteiger charge is 2.31. The Bertz CT molecular complexity index is 255. The van der Waals surface area contributed by atoms with E-state index in [1.807, 2.05) is 11.7 Å². The van der Waals surface area contributed by atoms with Gasteiger partial charge in [-0.25, -0.2) is 4.98 Å². The summed E-state index contributed by atoms with van der Waals surface area (Å²) in [5.74, 6) is 1.48. The van der Waals surface area contributed by atoms with Crippen LogP contribution in [0.25, 0.3) is 0 Å². The highest BCUT2D eigenvalue weighted by molar-refractivity contribution is 5.06. The fourth-order valence-corrected chi connectivity index (χ4v) is 1.49. The molecule has 1 saturated carbocycles. The van der Waals surface area contributed by atoms with Gasteiger partial charge in [0, 0.05) is 19.0 Å². The molecule has 1 heterocycles. The third-order valence-corrected chi connectivity index (χ3v) is 2.41. The first-order chi connectivity index (χ1) is 5.29. The minimum atomic E-state index is 0.304. The number of nitrogens with two attached hydrogens (primary N) is 1. The zero-order valence-electron chi connectivity index (χ0n) is 6.57. The van der Waals surface area contributed by atoms with Crippen LogP contribution in [0.15, 0.2) is 6.33 Å². The second-order valence-electron chi connectivity index (χ2n) is 3.09. The maximum Gasteiger partial charge on any atom is 0.138 e. The van der Waals surface area contributed by atoms with Crippen molar-refractivity contribution in [3.8, 4) is 0 Å². The SMILES string of the molecule is Cn1ncnc1C1CCC1N. The number of rotatable bonds is 1. The number of nitrogens with zero attached hydrogens (tertiary/aromatic N) is 3. The fourth-order valence-electron chi connectivity index (χ4n) is 1.49. The number of hydrogen-bond donors (Lipinski definition) is 1. The summed E-state index contributed by atoms with van der Waals surface area (Å²) < 4.78 is 1.81. The van der Waals surface area contributed by atoms with E-state index < -0.39 is 0 Å². The van der Waals surface area contributed by atoms with Gasteiger partial charge in [-0.05, 0) is 12.8 Å². The summed E-state index contributed by atoms with van der Waals surface area (Å²) in [6.45, 7) is 0. The summed E-state index contributed by atoms with van der Waals surface area (Å²) >= 11 is 0. The molecule has 0 aromatic carbocycles. The van der Waals surface area contributed by atoms with E-state index in [1.165, 1.54) is 0 Å². The van der Waals surface area contributed by atoms with Crippen molar-refractivity contribution in [2.75, 3.05) is 0 Å². The third-order valence-electron chi connectivity index (χ3n) is 2.41. The fraction of sp³-hybridized carbons (Fsp3) is 0.714. The van der Waals surface area contributed by atoms with Gasteiger partial charge in [-0.1, -0.05) is 0 Å². The lowest BCUT2D eigenvalue weighted by atomic mass is 9.80. The maximum absolute atomic E-state index is 5.80. The van der Waals surface area contributed by atoms with Gasteiger partial charge in [0.25, 0.3) is 0 Å². The Hall–Kier alpha value is -0.900. The van der Waals surface area contributed by atoms with Gasteiger partial charge >= 0.3 is 0 Å². The molecule has 1 aromatic heterocycles. The molecule has 60 valence electrons. The lowest BCUT2D eigenvalue weighted by Crippen LogP contribution is -2.38. The van der Waals surface area contributed by atoms with Crippen LogP contribution < -0.4 is 5.73 Å². The zero-order chi connectivity index (χ0) is 7.84. The van der Waals surface area contributed by atoms with Crippen molar-refractivity contribution in [3.05, 3.63) is 12.2 Å². The highest BCUT2D eigenvalue weighted by atomic mass is 15.3. The predicted octanol–water partition coefficient (Wildman–Crippen LogP) is 0.0198. The average molecular weight is 152 g/mol. The van der Waals surface area contributed by atoms with Crippen LogP contribution in [-0.4, -0.2) is 20.8 Å². The summed E-state index contributed by atoms with van der Waals surface area (Å²) in [7, 11) is 1.91. The van der Waals surface area contributed by atoms with Crippen molar-refractivity contribution in [1.82, 2.24) is 14.8 Å². The summed E-state index contributed by atoms with van der Waals surface area (Å²) in [6, 6.07) is 0.304. The molecule has 2 unspecified atom stereocenters. The van der Waals surface area contributed by atoms with Gasteiger partial charge in [-0.3, -0.25) is 4.68 Å². The first-order valence-electron chi connectivity index (χ1n) is 3.88. The van der Waals surface area contributed by atoms with Gasteiger partial charge in [-0.2, -0.15) is 5.10 Å². The minimum Gasteiger partial charge on any atom is -0.327 e. The van der Waals surface area contributed by atoms with Crippen LogP contribution in [0.4, 0.5) is 0 Å². The molecule has 2 rings (SSSR count). The molecule has 1 aliphatic carbocycles. The van der Waals surface area contributed by atoms with Gasteiger partial charge in [0.2, 0.25) is 0 Å². The predicted molar refractivity (Wildman–Crippen MR) is 41.0 cm³/mol. The smallest absolute Gasteiger partial charge is 0.138 e. The molecule has 2 atom stereocenters. The Morgan fingerprint density at radius 2 is 2.45 bits per heavy atom. The van der Waals surface area contributed by atoms with E-state index in [-0.39, 0.29) is 0 Å². The van der Waals surface area contributed by atoms with E-state index in [0.29, 0.717) is 12.0 Å². The van der Waals surface area contributed by atoms with Gasteiger partial charge in [-0.15, -0.1) is 0 Å². The van der Waals surface area contributed by atoms with Crippen molar-refractivity contribution < 1.29 is 0 Å². The van der Waals surface area contributed by atoms with E-state index in [1.54, 1.807) is 6.33 Å². The normalized spacial score (nSPS) is 30.0. The molecule has 0 amide bonds. The zero-order valence-corrected chi connectivity index (χ0v) is 6.57. The van der Waals surface area contributed by atoms with E-state index in [9.17, 15) is 0 Å². The molecule has 1 fully saturated rings. The second kappa shape index (κ2) is 2.30. The van der Waals surface area contributed by atoms with E-state index >= 15 is 0 Å². The summed E-state index contributed by atoms with van der Waals surface area (Å²) in [5, 5.41) is 4.00. The highest BCUT2D eigenvalue weighted by Crippen LogP contribution is 2.33. The first-order valence-corrected chi connectivity index (χ1v) is 3.88. The molecule has 0 bridgehead atoms. The Balaban J connectivity index is 2.22. The van der Waals surface area contributed by atoms with Crippen LogP contribution in [0, 0.1) is 0 Å². The molecule has 0 aliphatic heterocycles.